The number of aryl methyl sites for hydroxylation is 1. The number of anilines is 1. The molecule has 0 unspecified atom stereocenters. The van der Waals surface area contributed by atoms with Crippen molar-refractivity contribution in [3.8, 4) is 22.8 Å². The van der Waals surface area contributed by atoms with Crippen LogP contribution < -0.4 is 16.5 Å². The molecule has 0 bridgehead atoms. The lowest BCUT2D eigenvalue weighted by atomic mass is 9.99. The zero-order valence-corrected chi connectivity index (χ0v) is 22.9. The first kappa shape index (κ1) is 26.0. The molecule has 0 aliphatic carbocycles. The normalized spacial score (nSPS) is 15.0. The van der Waals surface area contributed by atoms with E-state index >= 15 is 0 Å². The van der Waals surface area contributed by atoms with Crippen molar-refractivity contribution in [3.05, 3.63) is 79.3 Å². The summed E-state index contributed by atoms with van der Waals surface area (Å²) in [7, 11) is 0. The van der Waals surface area contributed by atoms with Crippen molar-refractivity contribution >= 4 is 28.3 Å². The molecular weight excluding hydrogens is 536 g/mol. The maximum absolute atomic E-state index is 13.6. The van der Waals surface area contributed by atoms with Gasteiger partial charge in [-0.05, 0) is 57.4 Å². The number of fused-ring (bicyclic) bond motifs is 1. The van der Waals surface area contributed by atoms with E-state index in [9.17, 15) is 9.59 Å². The van der Waals surface area contributed by atoms with Gasteiger partial charge in [-0.1, -0.05) is 22.8 Å². The fourth-order valence-corrected chi connectivity index (χ4v) is 5.29. The molecule has 12 heteroatoms. The molecule has 0 saturated carbocycles. The average Bonchev–Trinajstić information content (AvgIpc) is 3.61. The van der Waals surface area contributed by atoms with E-state index in [0.29, 0.717) is 46.9 Å². The highest BCUT2D eigenvalue weighted by Crippen LogP contribution is 2.34. The lowest BCUT2D eigenvalue weighted by Gasteiger charge is -2.22. The Hall–Kier alpha value is -4.22. The molecule has 1 aliphatic heterocycles. The van der Waals surface area contributed by atoms with Gasteiger partial charge in [0, 0.05) is 30.5 Å². The summed E-state index contributed by atoms with van der Waals surface area (Å²) in [5.74, 6) is -0.0744. The smallest absolute Gasteiger partial charge is 0.439 e. The molecule has 6 rings (SSSR count). The topological polar surface area (TPSA) is 141 Å². The Morgan fingerprint density at radius 3 is 2.73 bits per heavy atom. The Labute approximate surface area is 233 Å². The van der Waals surface area contributed by atoms with Gasteiger partial charge in [0.2, 0.25) is 5.82 Å². The van der Waals surface area contributed by atoms with Gasteiger partial charge in [-0.15, -0.1) is 0 Å². The number of benzene rings is 1. The number of hydrogen-bond acceptors (Lipinski definition) is 9. The van der Waals surface area contributed by atoms with Gasteiger partial charge in [-0.25, -0.2) is 9.78 Å². The number of nitrogens with one attached hydrogen (secondary N) is 2. The molecule has 4 aromatic heterocycles. The van der Waals surface area contributed by atoms with Crippen LogP contribution in [-0.2, 0) is 4.74 Å². The average molecular weight is 563 g/mol. The third-order valence-electron chi connectivity index (χ3n) is 7.18. The van der Waals surface area contributed by atoms with Crippen LogP contribution in [0.5, 0.6) is 0 Å². The van der Waals surface area contributed by atoms with Crippen LogP contribution in [0.15, 0.2) is 55.2 Å². The van der Waals surface area contributed by atoms with E-state index in [1.54, 1.807) is 25.3 Å². The summed E-state index contributed by atoms with van der Waals surface area (Å²) in [5.41, 5.74) is 4.22. The molecule has 11 nitrogen and oxygen atoms in total. The van der Waals surface area contributed by atoms with Gasteiger partial charge in [-0.2, -0.15) is 5.10 Å². The number of aromatic amines is 1. The van der Waals surface area contributed by atoms with E-state index in [1.165, 1.54) is 0 Å². The van der Waals surface area contributed by atoms with Crippen LogP contribution in [0.1, 0.15) is 48.5 Å². The Morgan fingerprint density at radius 1 is 1.18 bits per heavy atom. The minimum Gasteiger partial charge on any atom is -0.455 e. The van der Waals surface area contributed by atoms with E-state index in [0.717, 1.165) is 29.5 Å². The van der Waals surface area contributed by atoms with Crippen molar-refractivity contribution in [1.29, 1.82) is 0 Å². The van der Waals surface area contributed by atoms with Crippen molar-refractivity contribution < 1.29 is 13.7 Å². The van der Waals surface area contributed by atoms with Gasteiger partial charge >= 0.3 is 5.76 Å². The third kappa shape index (κ3) is 4.82. The molecule has 5 heterocycles. The lowest BCUT2D eigenvalue weighted by Crippen LogP contribution is -2.19. The van der Waals surface area contributed by atoms with Crippen LogP contribution >= 0.6 is 11.6 Å². The highest BCUT2D eigenvalue weighted by atomic mass is 35.5. The molecule has 0 amide bonds. The summed E-state index contributed by atoms with van der Waals surface area (Å²) in [6, 6.07) is 7.10. The van der Waals surface area contributed by atoms with Gasteiger partial charge in [0.25, 0.3) is 0 Å². The Bertz CT molecular complexity index is 1830. The second-order valence-electron chi connectivity index (χ2n) is 10.0. The molecule has 1 fully saturated rings. The molecular formula is C28H27ClN6O5. The van der Waals surface area contributed by atoms with E-state index < -0.39 is 5.76 Å². The van der Waals surface area contributed by atoms with Crippen molar-refractivity contribution in [2.24, 2.45) is 0 Å². The molecule has 2 N–H and O–H groups in total. The summed E-state index contributed by atoms with van der Waals surface area (Å²) < 4.78 is 18.6. The van der Waals surface area contributed by atoms with E-state index in [2.05, 4.69) is 30.1 Å². The first-order chi connectivity index (χ1) is 19.3. The van der Waals surface area contributed by atoms with E-state index in [-0.39, 0.29) is 28.5 Å². The number of H-pyrrole nitrogens is 1. The van der Waals surface area contributed by atoms with Crippen molar-refractivity contribution in [2.75, 3.05) is 18.5 Å². The highest BCUT2D eigenvalue weighted by molar-refractivity contribution is 6.29. The van der Waals surface area contributed by atoms with Gasteiger partial charge in [0.05, 0.1) is 34.9 Å². The predicted molar refractivity (Wildman–Crippen MR) is 150 cm³/mol. The second kappa shape index (κ2) is 10.4. The number of aromatic nitrogens is 5. The number of ether oxygens (including phenoxy) is 1. The summed E-state index contributed by atoms with van der Waals surface area (Å²) in [6.07, 6.45) is 5.45. The van der Waals surface area contributed by atoms with Crippen LogP contribution in [0.25, 0.3) is 33.8 Å². The summed E-state index contributed by atoms with van der Waals surface area (Å²) in [5, 5.41) is 12.5. The highest BCUT2D eigenvalue weighted by Gasteiger charge is 2.23. The van der Waals surface area contributed by atoms with Crippen molar-refractivity contribution in [1.82, 2.24) is 24.9 Å². The number of halogens is 1. The SMILES string of the molecule is Cc1cc([C@@H](C)Nc2ccc(Cl)nc2-c2noc(=O)[nH]2)c2oc(-c3cnn(C4CCOCC4)c3)c(C)c(=O)c2c1. The summed E-state index contributed by atoms with van der Waals surface area (Å²) in [6.45, 7) is 7.07. The predicted octanol–water partition coefficient (Wildman–Crippen LogP) is 5.19. The van der Waals surface area contributed by atoms with Gasteiger partial charge in [-0.3, -0.25) is 19.0 Å². The monoisotopic (exact) mass is 562 g/mol. The first-order valence-corrected chi connectivity index (χ1v) is 13.4. The lowest BCUT2D eigenvalue weighted by molar-refractivity contribution is 0.0662. The summed E-state index contributed by atoms with van der Waals surface area (Å²) in [4.78, 5) is 32.0. The van der Waals surface area contributed by atoms with E-state index in [4.69, 9.17) is 20.8 Å². The zero-order chi connectivity index (χ0) is 28.0. The fourth-order valence-electron chi connectivity index (χ4n) is 5.14. The standard InChI is InChI=1S/C28H27ClN6O5/c1-14-10-19(16(3)31-21-4-5-22(29)32-23(21)27-33-28(37)40-34-27)26-20(11-14)24(36)15(2)25(39-26)17-12-30-35(13-17)18-6-8-38-9-7-18/h4-5,10-13,16,18,31H,6-9H2,1-3H3,(H,33,34,37)/t16-/m1/s1. The Morgan fingerprint density at radius 2 is 1.98 bits per heavy atom. The maximum atomic E-state index is 13.6. The largest absolute Gasteiger partial charge is 0.455 e. The van der Waals surface area contributed by atoms with Crippen LogP contribution in [0.3, 0.4) is 0 Å². The summed E-state index contributed by atoms with van der Waals surface area (Å²) >= 11 is 6.13. The Kier molecular flexibility index (Phi) is 6.77. The third-order valence-corrected chi connectivity index (χ3v) is 7.40. The van der Waals surface area contributed by atoms with Gasteiger partial charge < -0.3 is 14.5 Å². The molecule has 0 radical (unpaired) electrons. The Balaban J connectivity index is 1.42. The fraction of sp³-hybridized carbons (Fsp3) is 0.321. The van der Waals surface area contributed by atoms with Crippen molar-refractivity contribution in [3.63, 3.8) is 0 Å². The number of hydrogen-bond donors (Lipinski definition) is 2. The number of nitrogens with zero attached hydrogens (tertiary/aromatic N) is 4. The second-order valence-corrected chi connectivity index (χ2v) is 10.4. The van der Waals surface area contributed by atoms with Crippen LogP contribution in [0, 0.1) is 13.8 Å². The molecule has 40 heavy (non-hydrogen) atoms. The van der Waals surface area contributed by atoms with Crippen LogP contribution in [-0.4, -0.2) is 38.1 Å². The first-order valence-electron chi connectivity index (χ1n) is 13.0. The molecule has 1 aromatic carbocycles. The quantitative estimate of drug-likeness (QED) is 0.267. The molecule has 1 aliphatic rings. The van der Waals surface area contributed by atoms with Crippen LogP contribution in [0.4, 0.5) is 5.69 Å². The van der Waals surface area contributed by atoms with Crippen LogP contribution in [0.2, 0.25) is 5.15 Å². The molecule has 5 aromatic rings. The van der Waals surface area contributed by atoms with Gasteiger partial charge in [0.1, 0.15) is 22.2 Å². The minimum absolute atomic E-state index is 0.0961. The van der Waals surface area contributed by atoms with E-state index in [1.807, 2.05) is 36.9 Å². The number of rotatable bonds is 6. The molecule has 1 saturated heterocycles. The van der Waals surface area contributed by atoms with Gasteiger partial charge in [0.15, 0.2) is 5.43 Å². The molecule has 1 atom stereocenters. The zero-order valence-electron chi connectivity index (χ0n) is 22.2. The molecule has 206 valence electrons. The minimum atomic E-state index is -0.703. The van der Waals surface area contributed by atoms with Crippen molar-refractivity contribution in [2.45, 2.75) is 45.7 Å². The number of pyridine rings is 1. The molecule has 0 spiro atoms. The maximum Gasteiger partial charge on any atom is 0.439 e.